The summed E-state index contributed by atoms with van der Waals surface area (Å²) in [4.78, 5) is 10.8. The predicted molar refractivity (Wildman–Crippen MR) is 45.4 cm³/mol. The van der Waals surface area contributed by atoms with Crippen molar-refractivity contribution in [3.05, 3.63) is 0 Å². The van der Waals surface area contributed by atoms with Crippen LogP contribution in [0.4, 0.5) is 0 Å². The van der Waals surface area contributed by atoms with Crippen LogP contribution in [0.2, 0.25) is 0 Å². The molecule has 0 aromatic heterocycles. The average Bonchev–Trinajstić information content (AvgIpc) is 2.53. The predicted octanol–water partition coefficient (Wildman–Crippen LogP) is 0.305. The van der Waals surface area contributed by atoms with Gasteiger partial charge < -0.3 is 10.1 Å². The van der Waals surface area contributed by atoms with Gasteiger partial charge in [-0.3, -0.25) is 0 Å². The summed E-state index contributed by atoms with van der Waals surface area (Å²) in [6.07, 6.45) is 2.18. The molecule has 66 valence electrons. The molecule has 1 saturated heterocycles. The molecule has 12 heavy (non-hydrogen) atoms. The first-order valence-electron chi connectivity index (χ1n) is 4.24. The fourth-order valence-corrected chi connectivity index (χ4v) is 1.12. The molecule has 0 amide bonds. The van der Waals surface area contributed by atoms with E-state index in [1.165, 1.54) is 0 Å². The summed E-state index contributed by atoms with van der Waals surface area (Å²) in [6, 6.07) is 0.189. The van der Waals surface area contributed by atoms with E-state index in [0.717, 1.165) is 19.4 Å². The van der Waals surface area contributed by atoms with Gasteiger partial charge in [-0.15, -0.1) is 0 Å². The Bertz CT molecular complexity index is 208. The largest absolute Gasteiger partial charge is 0.456 e. The van der Waals surface area contributed by atoms with E-state index in [9.17, 15) is 4.79 Å². The second-order valence-corrected chi connectivity index (χ2v) is 2.64. The van der Waals surface area contributed by atoms with Crippen molar-refractivity contribution >= 4 is 5.97 Å². The highest BCUT2D eigenvalue weighted by Crippen LogP contribution is 2.02. The standard InChI is InChI=1S/C9H13NO2/c1-2-12-9(11)6-5-8-4-3-7-10-8/h8,10H,2-4,7H2,1H3. The average molecular weight is 167 g/mol. The number of ether oxygens (including phenoxy) is 1. The molecule has 0 spiro atoms. The Kier molecular flexibility index (Phi) is 3.62. The Hall–Kier alpha value is -1.01. The number of hydrogen-bond acceptors (Lipinski definition) is 3. The number of carbonyl (C=O) groups excluding carboxylic acids is 1. The van der Waals surface area contributed by atoms with E-state index in [-0.39, 0.29) is 6.04 Å². The van der Waals surface area contributed by atoms with Gasteiger partial charge in [-0.25, -0.2) is 4.79 Å². The molecule has 3 heteroatoms. The van der Waals surface area contributed by atoms with Gasteiger partial charge in [0.05, 0.1) is 12.6 Å². The van der Waals surface area contributed by atoms with E-state index in [0.29, 0.717) is 6.61 Å². The van der Waals surface area contributed by atoms with Crippen molar-refractivity contribution in [3.63, 3.8) is 0 Å². The first-order valence-corrected chi connectivity index (χ1v) is 4.24. The summed E-state index contributed by atoms with van der Waals surface area (Å²) < 4.78 is 4.66. The Morgan fingerprint density at radius 1 is 1.75 bits per heavy atom. The van der Waals surface area contributed by atoms with E-state index >= 15 is 0 Å². The molecular weight excluding hydrogens is 154 g/mol. The summed E-state index contributed by atoms with van der Waals surface area (Å²) in [5.74, 6) is 4.86. The Labute approximate surface area is 72.5 Å². The van der Waals surface area contributed by atoms with Crippen LogP contribution in [0.1, 0.15) is 19.8 Å². The number of nitrogens with one attached hydrogen (secondary N) is 1. The van der Waals surface area contributed by atoms with Crippen LogP contribution in [0.5, 0.6) is 0 Å². The highest BCUT2D eigenvalue weighted by molar-refractivity contribution is 5.88. The van der Waals surface area contributed by atoms with Crippen LogP contribution in [-0.2, 0) is 9.53 Å². The molecule has 1 atom stereocenters. The number of rotatable bonds is 1. The third-order valence-corrected chi connectivity index (χ3v) is 1.68. The molecule has 0 radical (unpaired) electrons. The summed E-state index contributed by atoms with van der Waals surface area (Å²) in [7, 11) is 0. The van der Waals surface area contributed by atoms with E-state index < -0.39 is 5.97 Å². The molecule has 0 bridgehead atoms. The van der Waals surface area contributed by atoms with Gasteiger partial charge in [0.2, 0.25) is 0 Å². The van der Waals surface area contributed by atoms with Crippen molar-refractivity contribution in [3.8, 4) is 11.8 Å². The van der Waals surface area contributed by atoms with Crippen molar-refractivity contribution in [1.82, 2.24) is 5.32 Å². The highest BCUT2D eigenvalue weighted by atomic mass is 16.5. The molecule has 0 saturated carbocycles. The topological polar surface area (TPSA) is 38.3 Å². The molecule has 0 aliphatic carbocycles. The second kappa shape index (κ2) is 4.78. The molecular formula is C9H13NO2. The van der Waals surface area contributed by atoms with Crippen LogP contribution in [0.15, 0.2) is 0 Å². The molecule has 0 aromatic rings. The summed E-state index contributed by atoms with van der Waals surface area (Å²) in [5.41, 5.74) is 0. The normalized spacial score (nSPS) is 21.2. The molecule has 1 N–H and O–H groups in total. The number of carbonyl (C=O) groups is 1. The zero-order chi connectivity index (χ0) is 8.81. The lowest BCUT2D eigenvalue weighted by molar-refractivity contribution is -0.136. The van der Waals surface area contributed by atoms with Gasteiger partial charge in [0, 0.05) is 5.92 Å². The SMILES string of the molecule is CCOC(=O)C#CC1CCCN1. The lowest BCUT2D eigenvalue weighted by Crippen LogP contribution is -2.19. The van der Waals surface area contributed by atoms with Gasteiger partial charge in [0.15, 0.2) is 0 Å². The Morgan fingerprint density at radius 3 is 3.17 bits per heavy atom. The third kappa shape index (κ3) is 2.93. The minimum absolute atomic E-state index is 0.189. The fourth-order valence-electron chi connectivity index (χ4n) is 1.12. The van der Waals surface area contributed by atoms with Crippen LogP contribution in [-0.4, -0.2) is 25.2 Å². The van der Waals surface area contributed by atoms with Crippen LogP contribution >= 0.6 is 0 Å². The number of esters is 1. The van der Waals surface area contributed by atoms with Crippen LogP contribution in [0, 0.1) is 11.8 Å². The maximum Gasteiger partial charge on any atom is 0.384 e. The minimum Gasteiger partial charge on any atom is -0.456 e. The molecule has 1 fully saturated rings. The first-order chi connectivity index (χ1) is 5.83. The summed E-state index contributed by atoms with van der Waals surface area (Å²) in [6.45, 7) is 3.17. The van der Waals surface area contributed by atoms with Gasteiger partial charge in [0.25, 0.3) is 0 Å². The van der Waals surface area contributed by atoms with Crippen molar-refractivity contribution < 1.29 is 9.53 Å². The van der Waals surface area contributed by atoms with Gasteiger partial charge in [-0.05, 0) is 26.3 Å². The van der Waals surface area contributed by atoms with Gasteiger partial charge in [0.1, 0.15) is 0 Å². The molecule has 1 heterocycles. The van der Waals surface area contributed by atoms with Crippen LogP contribution in [0.3, 0.4) is 0 Å². The van der Waals surface area contributed by atoms with Crippen molar-refractivity contribution in [2.75, 3.05) is 13.2 Å². The van der Waals surface area contributed by atoms with Crippen molar-refractivity contribution in [2.45, 2.75) is 25.8 Å². The molecule has 1 aliphatic heterocycles. The summed E-state index contributed by atoms with van der Waals surface area (Å²) >= 11 is 0. The van der Waals surface area contributed by atoms with E-state index in [1.807, 2.05) is 0 Å². The summed E-state index contributed by atoms with van der Waals surface area (Å²) in [5, 5.41) is 3.17. The highest BCUT2D eigenvalue weighted by Gasteiger charge is 2.10. The maximum atomic E-state index is 10.8. The molecule has 1 unspecified atom stereocenters. The maximum absolute atomic E-state index is 10.8. The Morgan fingerprint density at radius 2 is 2.58 bits per heavy atom. The molecule has 1 rings (SSSR count). The van der Waals surface area contributed by atoms with E-state index in [1.54, 1.807) is 6.92 Å². The minimum atomic E-state index is -0.425. The molecule has 1 aliphatic rings. The lowest BCUT2D eigenvalue weighted by atomic mass is 10.2. The Balaban J connectivity index is 2.30. The number of hydrogen-bond donors (Lipinski definition) is 1. The lowest BCUT2D eigenvalue weighted by Gasteiger charge is -1.97. The smallest absolute Gasteiger partial charge is 0.384 e. The zero-order valence-electron chi connectivity index (χ0n) is 7.22. The van der Waals surface area contributed by atoms with Gasteiger partial charge >= 0.3 is 5.97 Å². The zero-order valence-corrected chi connectivity index (χ0v) is 7.22. The third-order valence-electron chi connectivity index (χ3n) is 1.68. The van der Waals surface area contributed by atoms with Gasteiger partial charge in [-0.2, -0.15) is 0 Å². The second-order valence-electron chi connectivity index (χ2n) is 2.64. The first kappa shape index (κ1) is 9.08. The monoisotopic (exact) mass is 167 g/mol. The van der Waals surface area contributed by atoms with Crippen molar-refractivity contribution in [1.29, 1.82) is 0 Å². The molecule has 0 aromatic carbocycles. The van der Waals surface area contributed by atoms with Crippen LogP contribution < -0.4 is 5.32 Å². The quantitative estimate of drug-likeness (QED) is 0.347. The van der Waals surface area contributed by atoms with Crippen LogP contribution in [0.25, 0.3) is 0 Å². The van der Waals surface area contributed by atoms with E-state index in [4.69, 9.17) is 0 Å². The van der Waals surface area contributed by atoms with Gasteiger partial charge in [-0.1, -0.05) is 5.92 Å². The van der Waals surface area contributed by atoms with Crippen molar-refractivity contribution in [2.24, 2.45) is 0 Å². The molecule has 3 nitrogen and oxygen atoms in total. The van der Waals surface area contributed by atoms with E-state index in [2.05, 4.69) is 21.9 Å². The fraction of sp³-hybridized carbons (Fsp3) is 0.667.